The number of rotatable bonds is 13. The molecule has 0 saturated carbocycles. The summed E-state index contributed by atoms with van der Waals surface area (Å²) in [5.41, 5.74) is 8.29. The second-order valence-corrected chi connectivity index (χ2v) is 14.6. The van der Waals surface area contributed by atoms with Crippen LogP contribution >= 0.6 is 0 Å². The van der Waals surface area contributed by atoms with Crippen LogP contribution in [0.1, 0.15) is 68.6 Å². The topological polar surface area (TPSA) is 105 Å². The zero-order valence-electron chi connectivity index (χ0n) is 33.3. The highest BCUT2D eigenvalue weighted by Crippen LogP contribution is 2.43. The molecule has 9 nitrogen and oxygen atoms in total. The second kappa shape index (κ2) is 17.1. The van der Waals surface area contributed by atoms with E-state index in [9.17, 15) is 9.59 Å². The van der Waals surface area contributed by atoms with Crippen molar-refractivity contribution < 1.29 is 9.53 Å². The Morgan fingerprint density at radius 1 is 0.695 bits per heavy atom. The average Bonchev–Trinajstić information content (AvgIpc) is 3.78. The minimum absolute atomic E-state index is 0.0900. The molecule has 0 spiro atoms. The van der Waals surface area contributed by atoms with Gasteiger partial charge in [-0.1, -0.05) is 153 Å². The fraction of sp³-hybridized carbons (Fsp3) is 0.160. The lowest BCUT2D eigenvalue weighted by atomic mass is 9.77. The first-order chi connectivity index (χ1) is 28.9. The molecule has 0 atom stereocenters. The summed E-state index contributed by atoms with van der Waals surface area (Å²) in [6.07, 6.45) is 1.85. The fourth-order valence-electron chi connectivity index (χ4n) is 8.03. The molecule has 0 radical (unpaired) electrons. The van der Waals surface area contributed by atoms with E-state index >= 15 is 0 Å². The van der Waals surface area contributed by atoms with Crippen LogP contribution in [-0.4, -0.2) is 42.8 Å². The molecule has 0 bridgehead atoms. The van der Waals surface area contributed by atoms with Gasteiger partial charge in [0, 0.05) is 29.7 Å². The number of aromatic nitrogens is 6. The minimum atomic E-state index is -0.956. The third kappa shape index (κ3) is 7.50. The van der Waals surface area contributed by atoms with E-state index in [4.69, 9.17) is 20.0 Å². The molecule has 0 aliphatic rings. The van der Waals surface area contributed by atoms with Crippen LogP contribution in [0.4, 0.5) is 0 Å². The van der Waals surface area contributed by atoms with Crippen molar-refractivity contribution in [2.24, 2.45) is 0 Å². The van der Waals surface area contributed by atoms with E-state index < -0.39 is 11.5 Å². The Bertz CT molecular complexity index is 2650. The number of ether oxygens (including phenoxy) is 1. The number of aryl methyl sites for hydroxylation is 2. The highest BCUT2D eigenvalue weighted by molar-refractivity contribution is 5.89. The van der Waals surface area contributed by atoms with E-state index in [0.29, 0.717) is 42.0 Å². The van der Waals surface area contributed by atoms with Gasteiger partial charge in [0.25, 0.3) is 5.56 Å². The molecule has 2 aromatic heterocycles. The lowest BCUT2D eigenvalue weighted by Crippen LogP contribution is -2.39. The summed E-state index contributed by atoms with van der Waals surface area (Å²) < 4.78 is 8.63. The molecule has 59 heavy (non-hydrogen) atoms. The Kier molecular flexibility index (Phi) is 11.2. The highest BCUT2D eigenvalue weighted by atomic mass is 16.5. The molecule has 2 heterocycles. The van der Waals surface area contributed by atoms with Crippen molar-refractivity contribution in [1.29, 1.82) is 0 Å². The zero-order valence-corrected chi connectivity index (χ0v) is 33.3. The van der Waals surface area contributed by atoms with Gasteiger partial charge in [-0.2, -0.15) is 0 Å². The first-order valence-electron chi connectivity index (χ1n) is 19.8. The molecule has 8 aromatic rings. The van der Waals surface area contributed by atoms with Crippen LogP contribution in [0.5, 0.6) is 0 Å². The van der Waals surface area contributed by atoms with E-state index in [2.05, 4.69) is 78.9 Å². The van der Waals surface area contributed by atoms with Crippen molar-refractivity contribution in [2.45, 2.75) is 45.2 Å². The van der Waals surface area contributed by atoms with Gasteiger partial charge in [-0.15, -0.1) is 5.10 Å². The monoisotopic (exact) mass is 776 g/mol. The van der Waals surface area contributed by atoms with Crippen molar-refractivity contribution >= 4 is 5.97 Å². The number of carbonyl (C=O) groups is 1. The van der Waals surface area contributed by atoms with Crippen LogP contribution < -0.4 is 5.56 Å². The average molecular weight is 777 g/mol. The number of nitrogens with zero attached hydrogens (tertiary/aromatic N) is 6. The van der Waals surface area contributed by atoms with Crippen molar-refractivity contribution in [3.8, 4) is 22.5 Å². The van der Waals surface area contributed by atoms with Gasteiger partial charge in [-0.3, -0.25) is 9.36 Å². The number of esters is 1. The van der Waals surface area contributed by atoms with Crippen LogP contribution in [0, 0.1) is 6.92 Å². The number of hydrogen-bond donors (Lipinski definition) is 0. The molecule has 0 fully saturated rings. The molecule has 0 aliphatic heterocycles. The number of benzene rings is 6. The molecule has 0 unspecified atom stereocenters. The third-order valence-electron chi connectivity index (χ3n) is 10.9. The molecule has 0 aliphatic carbocycles. The molecule has 9 heteroatoms. The van der Waals surface area contributed by atoms with Gasteiger partial charge in [-0.25, -0.2) is 14.5 Å². The Balaban J connectivity index is 1.30. The van der Waals surface area contributed by atoms with Crippen LogP contribution in [-0.2, 0) is 29.7 Å². The summed E-state index contributed by atoms with van der Waals surface area (Å²) >= 11 is 0. The lowest BCUT2D eigenvalue weighted by molar-refractivity contribution is 0.0600. The molecule has 0 amide bonds. The molecule has 8 rings (SSSR count). The summed E-state index contributed by atoms with van der Waals surface area (Å²) in [6, 6.07) is 54.7. The Hall–Kier alpha value is -7.26. The molecule has 6 aromatic carbocycles. The third-order valence-corrected chi connectivity index (χ3v) is 10.9. The smallest absolute Gasteiger partial charge is 0.337 e. The van der Waals surface area contributed by atoms with Crippen molar-refractivity contribution in [2.75, 3.05) is 7.11 Å². The number of carbonyl (C=O) groups excluding carboxylic acids is 1. The predicted octanol–water partition coefficient (Wildman–Crippen LogP) is 9.09. The number of hydrogen-bond acceptors (Lipinski definition) is 7. The Morgan fingerprint density at radius 3 is 1.81 bits per heavy atom. The van der Waals surface area contributed by atoms with E-state index in [-0.39, 0.29) is 5.56 Å². The Morgan fingerprint density at radius 2 is 1.25 bits per heavy atom. The van der Waals surface area contributed by atoms with Crippen molar-refractivity contribution in [3.05, 3.63) is 225 Å². The van der Waals surface area contributed by atoms with Gasteiger partial charge in [0.15, 0.2) is 5.82 Å². The lowest BCUT2D eigenvalue weighted by Gasteiger charge is -2.36. The van der Waals surface area contributed by atoms with E-state index in [1.807, 2.05) is 96.5 Å². The summed E-state index contributed by atoms with van der Waals surface area (Å²) in [5.74, 6) is 0.898. The maximum atomic E-state index is 14.6. The first kappa shape index (κ1) is 38.6. The highest BCUT2D eigenvalue weighted by Gasteiger charge is 2.42. The standard InChI is InChI=1S/C50H44N6O3/c1-4-17-46-51-35(2)44(32-36-26-29-39(30-27-36)49(58)59-3)48(57)55(46)34-37-28-31-43(38-18-9-5-10-19-38)45(33-37)47-52-53-54-56(47)50(40-20-11-6-12-21-40,41-22-13-7-14-23-41)42-24-15-8-16-25-42/h5-16,18-31,33H,4,17,32,34H2,1-3H3. The van der Waals surface area contributed by atoms with E-state index in [0.717, 1.165) is 56.8 Å². The number of methoxy groups -OCH3 is 1. The predicted molar refractivity (Wildman–Crippen MR) is 230 cm³/mol. The first-order valence-corrected chi connectivity index (χ1v) is 19.8. The maximum Gasteiger partial charge on any atom is 0.337 e. The fourth-order valence-corrected chi connectivity index (χ4v) is 8.03. The van der Waals surface area contributed by atoms with Gasteiger partial charge in [0.2, 0.25) is 0 Å². The van der Waals surface area contributed by atoms with Crippen LogP contribution in [0.3, 0.4) is 0 Å². The second-order valence-electron chi connectivity index (χ2n) is 14.6. The zero-order chi connectivity index (χ0) is 40.8. The Labute approximate surface area is 343 Å². The van der Waals surface area contributed by atoms with E-state index in [1.165, 1.54) is 7.11 Å². The van der Waals surface area contributed by atoms with Gasteiger partial charge in [-0.05, 0) is 80.9 Å². The molecule has 0 N–H and O–H groups in total. The molecule has 0 saturated heterocycles. The van der Waals surface area contributed by atoms with Crippen LogP contribution in [0.25, 0.3) is 22.5 Å². The molecule has 292 valence electrons. The molecular formula is C50H44N6O3. The summed E-state index contributed by atoms with van der Waals surface area (Å²) in [7, 11) is 1.36. The normalized spacial score (nSPS) is 11.4. The van der Waals surface area contributed by atoms with E-state index in [1.54, 1.807) is 16.7 Å². The van der Waals surface area contributed by atoms with Gasteiger partial charge in [0.1, 0.15) is 11.4 Å². The quantitative estimate of drug-likeness (QED) is 0.0850. The van der Waals surface area contributed by atoms with Gasteiger partial charge >= 0.3 is 5.97 Å². The summed E-state index contributed by atoms with van der Waals surface area (Å²) in [4.78, 5) is 31.7. The van der Waals surface area contributed by atoms with Crippen LogP contribution in [0.2, 0.25) is 0 Å². The van der Waals surface area contributed by atoms with Gasteiger partial charge < -0.3 is 4.74 Å². The molecular weight excluding hydrogens is 733 g/mol. The van der Waals surface area contributed by atoms with Crippen LogP contribution in [0.15, 0.2) is 169 Å². The largest absolute Gasteiger partial charge is 0.465 e. The van der Waals surface area contributed by atoms with Gasteiger partial charge in [0.05, 0.1) is 19.2 Å². The maximum absolute atomic E-state index is 14.6. The number of tetrazole rings is 1. The van der Waals surface area contributed by atoms with Crippen molar-refractivity contribution in [3.63, 3.8) is 0 Å². The van der Waals surface area contributed by atoms with Crippen molar-refractivity contribution in [1.82, 2.24) is 29.8 Å². The summed E-state index contributed by atoms with van der Waals surface area (Å²) in [5, 5.41) is 14.1. The SMILES string of the molecule is CCCc1nc(C)c(Cc2ccc(C(=O)OC)cc2)c(=O)n1Cc1ccc(-c2ccccc2)c(-c2nnnn2C(c2ccccc2)(c2ccccc2)c2ccccc2)c1. The minimum Gasteiger partial charge on any atom is -0.465 e. The summed E-state index contributed by atoms with van der Waals surface area (Å²) in [6.45, 7) is 4.28.